The molecule has 0 spiro atoms. The highest BCUT2D eigenvalue weighted by Gasteiger charge is 1.99. The summed E-state index contributed by atoms with van der Waals surface area (Å²) in [6, 6.07) is 6.60. The second-order valence-corrected chi connectivity index (χ2v) is 2.48. The van der Waals surface area contributed by atoms with Crippen LogP contribution in [0.4, 0.5) is 5.69 Å². The number of benzene rings is 1. The molecule has 0 aliphatic carbocycles. The molecule has 0 aliphatic heterocycles. The summed E-state index contributed by atoms with van der Waals surface area (Å²) in [5.74, 6) is 0. The van der Waals surface area contributed by atoms with E-state index in [0.29, 0.717) is 22.7 Å². The van der Waals surface area contributed by atoms with Gasteiger partial charge in [0.25, 0.3) is 0 Å². The average molecular weight is 181 g/mol. The lowest BCUT2D eigenvalue weighted by Gasteiger charge is -1.99. The summed E-state index contributed by atoms with van der Waals surface area (Å²) in [6.07, 6.45) is 0.546. The van der Waals surface area contributed by atoms with Gasteiger partial charge in [0.2, 0.25) is 6.41 Å². The zero-order valence-electron chi connectivity index (χ0n) is 6.04. The van der Waals surface area contributed by atoms with Crippen LogP contribution in [0.3, 0.4) is 0 Å². The highest BCUT2D eigenvalue weighted by atomic mass is 35.5. The first-order valence-corrected chi connectivity index (χ1v) is 3.55. The van der Waals surface area contributed by atoms with Gasteiger partial charge < -0.3 is 5.32 Å². The van der Waals surface area contributed by atoms with E-state index in [1.54, 1.807) is 12.1 Å². The molecule has 4 heteroatoms. The summed E-state index contributed by atoms with van der Waals surface area (Å²) in [6.45, 7) is 0. The predicted molar refractivity (Wildman–Crippen MR) is 45.9 cm³/mol. The first kappa shape index (κ1) is 8.57. The number of nitriles is 1. The number of carbonyl (C=O) groups is 1. The van der Waals surface area contributed by atoms with E-state index in [4.69, 9.17) is 16.9 Å². The van der Waals surface area contributed by atoms with Gasteiger partial charge in [0.05, 0.1) is 10.6 Å². The van der Waals surface area contributed by atoms with Crippen molar-refractivity contribution in [1.29, 1.82) is 5.26 Å². The molecular formula is C8H5ClN2O. The standard InChI is InChI=1S/C8H5ClN2O/c9-8-2-1-7(11-5-12)3-6(8)4-10/h1-3,5H,(H,11,12). The minimum atomic E-state index is 0.350. The number of nitrogens with one attached hydrogen (secondary N) is 1. The van der Waals surface area contributed by atoms with Gasteiger partial charge in [-0.1, -0.05) is 11.6 Å². The van der Waals surface area contributed by atoms with Crippen molar-refractivity contribution in [2.24, 2.45) is 0 Å². The van der Waals surface area contributed by atoms with Gasteiger partial charge in [0.1, 0.15) is 6.07 Å². The van der Waals surface area contributed by atoms with Crippen LogP contribution in [0.2, 0.25) is 5.02 Å². The molecule has 0 saturated heterocycles. The van der Waals surface area contributed by atoms with Gasteiger partial charge in [-0.25, -0.2) is 0 Å². The van der Waals surface area contributed by atoms with Crippen LogP contribution in [0, 0.1) is 11.3 Å². The molecule has 60 valence electrons. The quantitative estimate of drug-likeness (QED) is 0.706. The SMILES string of the molecule is N#Cc1cc(NC=O)ccc1Cl. The average Bonchev–Trinajstić information content (AvgIpc) is 2.09. The number of anilines is 1. The number of nitrogens with zero attached hydrogens (tertiary/aromatic N) is 1. The second kappa shape index (κ2) is 3.74. The molecule has 1 N–H and O–H groups in total. The van der Waals surface area contributed by atoms with Gasteiger partial charge in [-0.15, -0.1) is 0 Å². The molecule has 0 bridgehead atoms. The topological polar surface area (TPSA) is 52.9 Å². The van der Waals surface area contributed by atoms with Crippen LogP contribution in [-0.2, 0) is 4.79 Å². The van der Waals surface area contributed by atoms with Gasteiger partial charge in [-0.2, -0.15) is 5.26 Å². The molecule has 1 aromatic carbocycles. The van der Waals surface area contributed by atoms with E-state index in [0.717, 1.165) is 0 Å². The Hall–Kier alpha value is -1.53. The number of hydrogen-bond acceptors (Lipinski definition) is 2. The van der Waals surface area contributed by atoms with Crippen molar-refractivity contribution in [3.05, 3.63) is 28.8 Å². The maximum atomic E-state index is 10.0. The molecule has 12 heavy (non-hydrogen) atoms. The fraction of sp³-hybridized carbons (Fsp3) is 0. The van der Waals surface area contributed by atoms with E-state index in [-0.39, 0.29) is 0 Å². The lowest BCUT2D eigenvalue weighted by Crippen LogP contribution is -1.93. The summed E-state index contributed by atoms with van der Waals surface area (Å²) in [4.78, 5) is 10.0. The highest BCUT2D eigenvalue weighted by molar-refractivity contribution is 6.31. The van der Waals surface area contributed by atoms with Crippen LogP contribution in [0.15, 0.2) is 18.2 Å². The van der Waals surface area contributed by atoms with Crippen LogP contribution < -0.4 is 5.32 Å². The van der Waals surface area contributed by atoms with Crippen molar-refractivity contribution in [1.82, 2.24) is 0 Å². The molecule has 1 rings (SSSR count). The third-order valence-electron chi connectivity index (χ3n) is 1.31. The Morgan fingerprint density at radius 2 is 2.33 bits per heavy atom. The summed E-state index contributed by atoms with van der Waals surface area (Å²) >= 11 is 5.66. The van der Waals surface area contributed by atoms with Gasteiger partial charge in [0.15, 0.2) is 0 Å². The van der Waals surface area contributed by atoms with Crippen molar-refractivity contribution < 1.29 is 4.79 Å². The van der Waals surface area contributed by atoms with Gasteiger partial charge in [-0.3, -0.25) is 4.79 Å². The molecule has 0 saturated carbocycles. The Morgan fingerprint density at radius 1 is 1.58 bits per heavy atom. The first-order chi connectivity index (χ1) is 5.77. The Labute approximate surface area is 74.6 Å². The largest absolute Gasteiger partial charge is 0.329 e. The van der Waals surface area contributed by atoms with Crippen molar-refractivity contribution >= 4 is 23.7 Å². The Balaban J connectivity index is 3.07. The zero-order valence-corrected chi connectivity index (χ0v) is 6.80. The minimum Gasteiger partial charge on any atom is -0.329 e. The molecule has 0 unspecified atom stereocenters. The smallest absolute Gasteiger partial charge is 0.211 e. The number of carbonyl (C=O) groups excluding carboxylic acids is 1. The predicted octanol–water partition coefficient (Wildman–Crippen LogP) is 1.78. The summed E-state index contributed by atoms with van der Waals surface area (Å²) in [5, 5.41) is 11.4. The van der Waals surface area contributed by atoms with Crippen molar-refractivity contribution in [3.8, 4) is 6.07 Å². The van der Waals surface area contributed by atoms with E-state index in [2.05, 4.69) is 5.32 Å². The van der Waals surface area contributed by atoms with Gasteiger partial charge >= 0.3 is 0 Å². The van der Waals surface area contributed by atoms with Crippen molar-refractivity contribution in [2.75, 3.05) is 5.32 Å². The lowest BCUT2D eigenvalue weighted by atomic mass is 10.2. The summed E-state index contributed by atoms with van der Waals surface area (Å²) in [5.41, 5.74) is 0.912. The molecule has 3 nitrogen and oxygen atoms in total. The number of halogens is 1. The maximum Gasteiger partial charge on any atom is 0.211 e. The van der Waals surface area contributed by atoms with E-state index in [1.165, 1.54) is 6.07 Å². The summed E-state index contributed by atoms with van der Waals surface area (Å²) in [7, 11) is 0. The third kappa shape index (κ3) is 1.74. The zero-order chi connectivity index (χ0) is 8.97. The third-order valence-corrected chi connectivity index (χ3v) is 1.64. The fourth-order valence-corrected chi connectivity index (χ4v) is 0.929. The fourth-order valence-electron chi connectivity index (χ4n) is 0.769. The van der Waals surface area contributed by atoms with E-state index < -0.39 is 0 Å². The monoisotopic (exact) mass is 180 g/mol. The molecule has 0 heterocycles. The number of amides is 1. The number of rotatable bonds is 2. The Bertz CT molecular complexity index is 343. The van der Waals surface area contributed by atoms with E-state index in [9.17, 15) is 4.79 Å². The van der Waals surface area contributed by atoms with Crippen molar-refractivity contribution in [3.63, 3.8) is 0 Å². The molecule has 1 amide bonds. The Morgan fingerprint density at radius 3 is 2.92 bits per heavy atom. The molecule has 0 atom stereocenters. The van der Waals surface area contributed by atoms with Crippen LogP contribution in [0.1, 0.15) is 5.56 Å². The summed E-state index contributed by atoms with van der Waals surface area (Å²) < 4.78 is 0. The lowest BCUT2D eigenvalue weighted by molar-refractivity contribution is -0.105. The van der Waals surface area contributed by atoms with E-state index in [1.807, 2.05) is 6.07 Å². The normalized spacial score (nSPS) is 8.67. The second-order valence-electron chi connectivity index (χ2n) is 2.07. The first-order valence-electron chi connectivity index (χ1n) is 3.18. The van der Waals surface area contributed by atoms with Crippen LogP contribution in [-0.4, -0.2) is 6.41 Å². The maximum absolute atomic E-state index is 10.0. The molecule has 0 radical (unpaired) electrons. The molecule has 1 aromatic rings. The number of hydrogen-bond donors (Lipinski definition) is 1. The highest BCUT2D eigenvalue weighted by Crippen LogP contribution is 2.18. The molecule has 0 aromatic heterocycles. The van der Waals surface area contributed by atoms with Crippen LogP contribution in [0.25, 0.3) is 0 Å². The van der Waals surface area contributed by atoms with Crippen molar-refractivity contribution in [2.45, 2.75) is 0 Å². The van der Waals surface area contributed by atoms with E-state index >= 15 is 0 Å². The van der Waals surface area contributed by atoms with Crippen LogP contribution in [0.5, 0.6) is 0 Å². The van der Waals surface area contributed by atoms with Gasteiger partial charge in [-0.05, 0) is 18.2 Å². The van der Waals surface area contributed by atoms with Crippen LogP contribution >= 0.6 is 11.6 Å². The molecular weight excluding hydrogens is 176 g/mol. The Kier molecular flexibility index (Phi) is 2.67. The molecule has 0 aliphatic rings. The molecule has 0 fully saturated rings. The minimum absolute atomic E-state index is 0.350. The van der Waals surface area contributed by atoms with Gasteiger partial charge in [0, 0.05) is 5.69 Å².